The summed E-state index contributed by atoms with van der Waals surface area (Å²) in [7, 11) is 1.68. The van der Waals surface area contributed by atoms with Crippen LogP contribution >= 0.6 is 23.4 Å². The van der Waals surface area contributed by atoms with Crippen molar-refractivity contribution in [1.82, 2.24) is 40.0 Å². The predicted molar refractivity (Wildman–Crippen MR) is 99.7 cm³/mol. The minimum Gasteiger partial charge on any atom is -0.385 e. The second-order valence-electron chi connectivity index (χ2n) is 5.58. The van der Waals surface area contributed by atoms with E-state index in [1.165, 1.54) is 16.4 Å². The van der Waals surface area contributed by atoms with E-state index in [1.807, 2.05) is 34.9 Å². The topological polar surface area (TPSA) is 95.9 Å². The van der Waals surface area contributed by atoms with Crippen molar-refractivity contribution >= 4 is 29.0 Å². The molecule has 0 aliphatic rings. The minimum atomic E-state index is 0.581. The molecule has 0 aliphatic carbocycles. The molecule has 1 aromatic carbocycles. The number of hydrogen-bond acceptors (Lipinski definition) is 8. The highest BCUT2D eigenvalue weighted by Gasteiger charge is 2.17. The lowest BCUT2D eigenvalue weighted by Gasteiger charge is -2.10. The molecule has 0 amide bonds. The molecule has 0 fully saturated rings. The molecule has 9 nitrogen and oxygen atoms in total. The van der Waals surface area contributed by atoms with Gasteiger partial charge in [-0.15, -0.1) is 25.0 Å². The first-order valence-electron chi connectivity index (χ1n) is 8.16. The highest BCUT2D eigenvalue weighted by Crippen LogP contribution is 2.31. The minimum absolute atomic E-state index is 0.581. The van der Waals surface area contributed by atoms with Crippen molar-refractivity contribution in [2.45, 2.75) is 23.1 Å². The van der Waals surface area contributed by atoms with Crippen LogP contribution in [-0.4, -0.2) is 53.7 Å². The SMILES string of the molecule is COCCCn1c(Sc2ccc3nnnn3n2)nnc1-c1ccccc1Cl. The maximum absolute atomic E-state index is 6.36. The molecule has 27 heavy (non-hydrogen) atoms. The maximum Gasteiger partial charge on any atom is 0.200 e. The van der Waals surface area contributed by atoms with Gasteiger partial charge < -0.3 is 9.30 Å². The Morgan fingerprint density at radius 1 is 1.11 bits per heavy atom. The summed E-state index contributed by atoms with van der Waals surface area (Å²) in [5.74, 6) is 0.711. The van der Waals surface area contributed by atoms with Gasteiger partial charge in [-0.2, -0.15) is 0 Å². The smallest absolute Gasteiger partial charge is 0.200 e. The lowest BCUT2D eigenvalue weighted by Crippen LogP contribution is -2.06. The van der Waals surface area contributed by atoms with E-state index < -0.39 is 0 Å². The maximum atomic E-state index is 6.36. The van der Waals surface area contributed by atoms with E-state index in [1.54, 1.807) is 13.2 Å². The molecule has 0 bridgehead atoms. The van der Waals surface area contributed by atoms with E-state index in [-0.39, 0.29) is 0 Å². The van der Waals surface area contributed by atoms with E-state index in [0.717, 1.165) is 12.0 Å². The van der Waals surface area contributed by atoms with Crippen LogP contribution in [0.4, 0.5) is 0 Å². The van der Waals surface area contributed by atoms with Crippen LogP contribution in [0.25, 0.3) is 17.0 Å². The molecule has 0 saturated heterocycles. The largest absolute Gasteiger partial charge is 0.385 e. The standard InChI is InChI=1S/C16H15ClN8OS/c1-26-10-4-9-24-15(11-5-2-3-6-12(11)17)19-20-16(24)27-14-8-7-13-18-22-23-25(13)21-14/h2-3,5-8H,4,9-10H2,1H3. The van der Waals surface area contributed by atoms with Crippen LogP contribution < -0.4 is 0 Å². The number of fused-ring (bicyclic) bond motifs is 1. The molecular weight excluding hydrogens is 388 g/mol. The van der Waals surface area contributed by atoms with E-state index >= 15 is 0 Å². The summed E-state index contributed by atoms with van der Waals surface area (Å²) in [4.78, 5) is 0. The van der Waals surface area contributed by atoms with Gasteiger partial charge in [0.1, 0.15) is 5.03 Å². The zero-order chi connectivity index (χ0) is 18.6. The van der Waals surface area contributed by atoms with Gasteiger partial charge in [-0.05, 0) is 52.9 Å². The average Bonchev–Trinajstić information content (AvgIpc) is 3.29. The molecule has 0 radical (unpaired) electrons. The zero-order valence-electron chi connectivity index (χ0n) is 14.4. The van der Waals surface area contributed by atoms with Crippen LogP contribution in [0.5, 0.6) is 0 Å². The average molecular weight is 403 g/mol. The number of halogens is 1. The fourth-order valence-electron chi connectivity index (χ4n) is 2.56. The third kappa shape index (κ3) is 3.77. The summed E-state index contributed by atoms with van der Waals surface area (Å²) in [5.41, 5.74) is 1.41. The Hall–Kier alpha value is -2.56. The molecule has 0 atom stereocenters. The fourth-order valence-corrected chi connectivity index (χ4v) is 3.59. The first kappa shape index (κ1) is 17.8. The molecule has 3 aromatic heterocycles. The van der Waals surface area contributed by atoms with Gasteiger partial charge in [0.05, 0.1) is 5.02 Å². The van der Waals surface area contributed by atoms with Gasteiger partial charge in [0, 0.05) is 25.8 Å². The van der Waals surface area contributed by atoms with E-state index in [9.17, 15) is 0 Å². The number of tetrazole rings is 1. The number of ether oxygens (including phenoxy) is 1. The van der Waals surface area contributed by atoms with Crippen molar-refractivity contribution in [3.63, 3.8) is 0 Å². The number of aromatic nitrogens is 8. The van der Waals surface area contributed by atoms with Gasteiger partial charge >= 0.3 is 0 Å². The molecule has 11 heteroatoms. The van der Waals surface area contributed by atoms with Gasteiger partial charge in [-0.3, -0.25) is 0 Å². The fraction of sp³-hybridized carbons (Fsp3) is 0.250. The number of methoxy groups -OCH3 is 1. The van der Waals surface area contributed by atoms with Crippen LogP contribution in [-0.2, 0) is 11.3 Å². The van der Waals surface area contributed by atoms with Crippen molar-refractivity contribution in [3.05, 3.63) is 41.4 Å². The zero-order valence-corrected chi connectivity index (χ0v) is 15.9. The second-order valence-corrected chi connectivity index (χ2v) is 6.98. The number of benzene rings is 1. The molecule has 4 rings (SSSR count). The van der Waals surface area contributed by atoms with Crippen LogP contribution in [0.1, 0.15) is 6.42 Å². The lowest BCUT2D eigenvalue weighted by molar-refractivity contribution is 0.189. The van der Waals surface area contributed by atoms with Crippen molar-refractivity contribution in [3.8, 4) is 11.4 Å². The number of nitrogens with zero attached hydrogens (tertiary/aromatic N) is 8. The van der Waals surface area contributed by atoms with Gasteiger partial charge in [-0.1, -0.05) is 23.7 Å². The van der Waals surface area contributed by atoms with E-state index in [2.05, 4.69) is 30.8 Å². The summed E-state index contributed by atoms with van der Waals surface area (Å²) >= 11 is 7.75. The Morgan fingerprint density at radius 3 is 2.85 bits per heavy atom. The van der Waals surface area contributed by atoms with Crippen LogP contribution in [0, 0.1) is 0 Å². The summed E-state index contributed by atoms with van der Waals surface area (Å²) in [5, 5.41) is 26.4. The molecule has 0 aliphatic heterocycles. The van der Waals surface area contributed by atoms with Crippen molar-refractivity contribution in [2.75, 3.05) is 13.7 Å². The molecule has 0 saturated carbocycles. The Bertz CT molecular complexity index is 1070. The molecule has 0 unspecified atom stereocenters. The third-order valence-electron chi connectivity index (χ3n) is 3.80. The van der Waals surface area contributed by atoms with Gasteiger partial charge in [0.15, 0.2) is 16.6 Å². The monoisotopic (exact) mass is 402 g/mol. The Kier molecular flexibility index (Phi) is 5.28. The quantitative estimate of drug-likeness (QED) is 0.435. The van der Waals surface area contributed by atoms with Gasteiger partial charge in [0.25, 0.3) is 0 Å². The molecule has 138 valence electrons. The molecule has 4 aromatic rings. The molecule has 0 spiro atoms. The first-order chi connectivity index (χ1) is 13.3. The lowest BCUT2D eigenvalue weighted by atomic mass is 10.2. The van der Waals surface area contributed by atoms with Crippen molar-refractivity contribution < 1.29 is 4.74 Å². The molecule has 0 N–H and O–H groups in total. The summed E-state index contributed by atoms with van der Waals surface area (Å²) in [6.07, 6.45) is 0.818. The summed E-state index contributed by atoms with van der Waals surface area (Å²) in [6, 6.07) is 11.2. The highest BCUT2D eigenvalue weighted by molar-refractivity contribution is 7.99. The number of rotatable bonds is 7. The number of hydrogen-bond donors (Lipinski definition) is 0. The predicted octanol–water partition coefficient (Wildman–Crippen LogP) is 2.62. The van der Waals surface area contributed by atoms with Gasteiger partial charge in [-0.25, -0.2) is 0 Å². The van der Waals surface area contributed by atoms with E-state index in [0.29, 0.717) is 39.8 Å². The normalized spacial score (nSPS) is 11.3. The Labute approximate surface area is 163 Å². The third-order valence-corrected chi connectivity index (χ3v) is 5.04. The van der Waals surface area contributed by atoms with Gasteiger partial charge in [0.2, 0.25) is 0 Å². The van der Waals surface area contributed by atoms with Crippen molar-refractivity contribution in [2.24, 2.45) is 0 Å². The summed E-state index contributed by atoms with van der Waals surface area (Å²) < 4.78 is 8.58. The summed E-state index contributed by atoms with van der Waals surface area (Å²) in [6.45, 7) is 1.33. The van der Waals surface area contributed by atoms with Crippen LogP contribution in [0.3, 0.4) is 0 Å². The Morgan fingerprint density at radius 2 is 2.00 bits per heavy atom. The van der Waals surface area contributed by atoms with Crippen LogP contribution in [0.2, 0.25) is 5.02 Å². The first-order valence-corrected chi connectivity index (χ1v) is 9.36. The highest BCUT2D eigenvalue weighted by atomic mass is 35.5. The van der Waals surface area contributed by atoms with E-state index in [4.69, 9.17) is 16.3 Å². The second kappa shape index (κ2) is 7.99. The van der Waals surface area contributed by atoms with Crippen LogP contribution in [0.15, 0.2) is 46.6 Å². The molecule has 3 heterocycles. The molecular formula is C16H15ClN8OS. The Balaban J connectivity index is 1.69. The van der Waals surface area contributed by atoms with Crippen molar-refractivity contribution in [1.29, 1.82) is 0 Å².